The molecule has 0 amide bonds. The molecule has 0 spiro atoms. The van der Waals surface area contributed by atoms with Gasteiger partial charge in [-0.1, -0.05) is 112 Å². The molecular formula is C60H92N2O10Si2. The van der Waals surface area contributed by atoms with Crippen molar-refractivity contribution in [3.8, 4) is 11.8 Å². The van der Waals surface area contributed by atoms with Gasteiger partial charge in [0.2, 0.25) is 8.32 Å². The van der Waals surface area contributed by atoms with Crippen molar-refractivity contribution in [2.75, 3.05) is 7.11 Å². The molecule has 1 aliphatic carbocycles. The molecule has 0 aromatic carbocycles. The Bertz CT molecular complexity index is 2260. The molecule has 74 heavy (non-hydrogen) atoms. The van der Waals surface area contributed by atoms with Crippen LogP contribution in [0.4, 0.5) is 0 Å². The van der Waals surface area contributed by atoms with E-state index >= 15 is 0 Å². The van der Waals surface area contributed by atoms with Crippen molar-refractivity contribution in [1.29, 1.82) is 0 Å². The van der Waals surface area contributed by atoms with Crippen LogP contribution in [0, 0.1) is 35.5 Å². The summed E-state index contributed by atoms with van der Waals surface area (Å²) in [5, 5.41) is 0. The number of methoxy groups -OCH3 is 1. The standard InChI is InChI=1S/C60H92N2O10Si2/c1-15-73(16-2,17-3)72-60(34-52(65-14)32-53(36-63)70-60)35-57-62-47(37-66-57)28-42(11)54-29-45-20-18-21-46-24-25-55(61-46)56-33-51(71-74(38(4)5,39(6)7)40(8)9)31-50(68-56)30-49-27-41(10)26-48(67-49)22-19-23-58(64)69-59(43(45)12)44(54)13/h18,21,25,28,36-40,43-45,48-54,56,59H,10,15-17,20,22,24,26-27,29-35H2,1-9,11-14H3/b21-18-,42-28+/t43-,44+,45+,48-,49+,50+,51-,52+,53+,54-,56+,59-,60+/m0/s1. The number of fused-ring (bicyclic) bond motifs is 8. The maximum Gasteiger partial charge on any atom is 0.384 e. The van der Waals surface area contributed by atoms with Crippen LogP contribution in [0.3, 0.4) is 0 Å². The predicted octanol–water partition coefficient (Wildman–Crippen LogP) is 13.2. The molecule has 1 aromatic rings. The minimum absolute atomic E-state index is 0.00677. The number of hydrogen-bond acceptors (Lipinski definition) is 12. The first-order valence-electron chi connectivity index (χ1n) is 28.5. The molecule has 14 heteroatoms. The predicted molar refractivity (Wildman–Crippen MR) is 297 cm³/mol. The van der Waals surface area contributed by atoms with Crippen LogP contribution in [-0.4, -0.2) is 101 Å². The maximum absolute atomic E-state index is 13.8. The summed E-state index contributed by atoms with van der Waals surface area (Å²) in [6.07, 6.45) is 17.7. The van der Waals surface area contributed by atoms with E-state index in [-0.39, 0.29) is 72.8 Å². The Morgan fingerprint density at radius 1 is 0.932 bits per heavy atom. The van der Waals surface area contributed by atoms with Gasteiger partial charge < -0.3 is 41.7 Å². The van der Waals surface area contributed by atoms with Crippen molar-refractivity contribution in [2.24, 2.45) is 28.7 Å². The average Bonchev–Trinajstić information content (AvgIpc) is 4.02. The number of aldehydes is 1. The first-order valence-corrected chi connectivity index (χ1v) is 33.2. The van der Waals surface area contributed by atoms with Gasteiger partial charge in [0.05, 0.1) is 42.6 Å². The highest BCUT2D eigenvalue weighted by Crippen LogP contribution is 2.48. The van der Waals surface area contributed by atoms with Crippen LogP contribution in [-0.2, 0) is 48.5 Å². The Morgan fingerprint density at radius 2 is 1.65 bits per heavy atom. The first-order chi connectivity index (χ1) is 35.3. The quantitative estimate of drug-likeness (QED) is 0.0391. The Labute approximate surface area is 446 Å². The SMILES string of the molecule is C=C1C[C@@H]2C[C@@H]3C[C@H](O[Si](C(C)C)(C(C)C)C(C)C)C[C@@H](O3)C3=CCC(=N3)/C=C\C[C@@H]3C[C@@H](/C(C)=C/c4coc(C[C@]5(O[Si](CC)(CC)CC)C[C@H](OC)C[C@H](C=O)O5)n4)[C@@H](C)[C@@H](OC(=O)C#CC[C@@H](C1)O2)[C@H]3C. The molecule has 410 valence electrons. The lowest BCUT2D eigenvalue weighted by Gasteiger charge is -2.47. The summed E-state index contributed by atoms with van der Waals surface area (Å²) < 4.78 is 53.4. The third-order valence-electron chi connectivity index (χ3n) is 18.2. The molecule has 4 fully saturated rings. The number of carbonyl (C=O) groups is 2. The summed E-state index contributed by atoms with van der Waals surface area (Å²) in [6, 6.07) is 2.78. The van der Waals surface area contributed by atoms with Gasteiger partial charge in [-0.15, -0.1) is 0 Å². The van der Waals surface area contributed by atoms with Crippen LogP contribution in [0.25, 0.3) is 6.08 Å². The Morgan fingerprint density at radius 3 is 2.32 bits per heavy atom. The van der Waals surface area contributed by atoms with Crippen molar-refractivity contribution >= 4 is 40.7 Å². The lowest BCUT2D eigenvalue weighted by Crippen LogP contribution is -2.56. The average molecular weight is 1060 g/mol. The molecular weight excluding hydrogens is 965 g/mol. The van der Waals surface area contributed by atoms with Gasteiger partial charge in [-0.3, -0.25) is 4.99 Å². The number of esters is 1. The summed E-state index contributed by atoms with van der Waals surface area (Å²) in [5.41, 5.74) is 6.42. The third kappa shape index (κ3) is 13.7. The van der Waals surface area contributed by atoms with Gasteiger partial charge in [-0.2, -0.15) is 0 Å². The van der Waals surface area contributed by atoms with E-state index in [1.165, 1.54) is 0 Å². The van der Waals surface area contributed by atoms with Crippen molar-refractivity contribution in [2.45, 2.75) is 250 Å². The Kier molecular flexibility index (Phi) is 20.1. The second-order valence-corrected chi connectivity index (χ2v) is 34.0. The number of rotatable bonds is 16. The van der Waals surface area contributed by atoms with E-state index in [0.29, 0.717) is 53.9 Å². The van der Waals surface area contributed by atoms with Gasteiger partial charge >= 0.3 is 5.97 Å². The van der Waals surface area contributed by atoms with Crippen molar-refractivity contribution < 1.29 is 46.5 Å². The number of hydrogen-bond donors (Lipinski definition) is 0. The van der Waals surface area contributed by atoms with Gasteiger partial charge in [-0.25, -0.2) is 9.78 Å². The van der Waals surface area contributed by atoms with Gasteiger partial charge in [0.15, 0.2) is 20.0 Å². The van der Waals surface area contributed by atoms with Crippen LogP contribution < -0.4 is 0 Å². The number of ether oxygens (including phenoxy) is 5. The number of aromatic nitrogens is 1. The maximum atomic E-state index is 13.8. The Balaban J connectivity index is 1.15. The van der Waals surface area contributed by atoms with Gasteiger partial charge in [0, 0.05) is 57.3 Å². The summed E-state index contributed by atoms with van der Waals surface area (Å²) in [5.74, 6) is 5.29. The van der Waals surface area contributed by atoms with Crippen molar-refractivity contribution in [1.82, 2.24) is 4.98 Å². The smallest absolute Gasteiger partial charge is 0.384 e. The van der Waals surface area contributed by atoms with E-state index < -0.39 is 34.5 Å². The zero-order valence-electron chi connectivity index (χ0n) is 47.4. The van der Waals surface area contributed by atoms with E-state index in [1.807, 2.05) is 0 Å². The fourth-order valence-electron chi connectivity index (χ4n) is 14.1. The molecule has 6 heterocycles. The first kappa shape index (κ1) is 58.4. The lowest BCUT2D eigenvalue weighted by atomic mass is 9.64. The zero-order chi connectivity index (χ0) is 53.5. The number of aliphatic imine (C=N–C) groups is 1. The largest absolute Gasteiger partial charge is 0.452 e. The van der Waals surface area contributed by atoms with Crippen LogP contribution in [0.15, 0.2) is 57.3 Å². The van der Waals surface area contributed by atoms with E-state index in [4.69, 9.17) is 46.9 Å². The highest BCUT2D eigenvalue weighted by atomic mass is 28.4. The lowest BCUT2D eigenvalue weighted by molar-refractivity contribution is -0.257. The molecule has 1 aromatic heterocycles. The minimum Gasteiger partial charge on any atom is -0.452 e. The zero-order valence-corrected chi connectivity index (χ0v) is 49.4. The second-order valence-electron chi connectivity index (χ2n) is 23.9. The molecule has 1 saturated carbocycles. The third-order valence-corrected chi connectivity index (χ3v) is 29.0. The molecule has 7 rings (SSSR count). The molecule has 13 atom stereocenters. The van der Waals surface area contributed by atoms with Crippen molar-refractivity contribution in [3.63, 3.8) is 0 Å². The number of allylic oxidation sites excluding steroid dienone is 4. The number of oxazole rings is 1. The molecule has 8 bridgehead atoms. The van der Waals surface area contributed by atoms with Crippen LogP contribution in [0.5, 0.6) is 0 Å². The highest BCUT2D eigenvalue weighted by Gasteiger charge is 2.51. The van der Waals surface area contributed by atoms with Gasteiger partial charge in [0.25, 0.3) is 0 Å². The Hall–Kier alpha value is -3.27. The van der Waals surface area contributed by atoms with Crippen LogP contribution in [0.1, 0.15) is 165 Å². The number of carbonyl (C=O) groups excluding carboxylic acids is 2. The minimum atomic E-state index is -2.21. The summed E-state index contributed by atoms with van der Waals surface area (Å²) in [7, 11) is -2.71. The van der Waals surface area contributed by atoms with Crippen molar-refractivity contribution in [3.05, 3.63) is 59.5 Å². The molecule has 3 saturated heterocycles. The topological polar surface area (TPSA) is 137 Å². The molecule has 6 aliphatic rings. The molecule has 0 unspecified atom stereocenters. The highest BCUT2D eigenvalue weighted by molar-refractivity contribution is 6.77. The van der Waals surface area contributed by atoms with Crippen LogP contribution >= 0.6 is 0 Å². The summed E-state index contributed by atoms with van der Waals surface area (Å²) >= 11 is 0. The van der Waals surface area contributed by atoms with E-state index in [9.17, 15) is 9.59 Å². The van der Waals surface area contributed by atoms with Gasteiger partial charge in [0.1, 0.15) is 36.6 Å². The molecule has 5 aliphatic heterocycles. The summed E-state index contributed by atoms with van der Waals surface area (Å²) in [4.78, 5) is 36.3. The molecule has 0 radical (unpaired) electrons. The van der Waals surface area contributed by atoms with Crippen LogP contribution in [0.2, 0.25) is 34.8 Å². The second kappa shape index (κ2) is 25.5. The monoisotopic (exact) mass is 1060 g/mol. The summed E-state index contributed by atoms with van der Waals surface area (Å²) in [6.45, 7) is 31.7. The van der Waals surface area contributed by atoms with E-state index in [2.05, 4.69) is 126 Å². The molecule has 0 N–H and O–H groups in total. The normalized spacial score (nSPS) is 34.1. The fraction of sp³-hybridized carbons (Fsp3) is 0.733. The number of nitrogens with zero attached hydrogens (tertiary/aromatic N) is 2. The van der Waals surface area contributed by atoms with Gasteiger partial charge in [-0.05, 0) is 110 Å². The molecule has 12 nitrogen and oxygen atoms in total. The van der Waals surface area contributed by atoms with E-state index in [0.717, 1.165) is 91.9 Å². The fourth-order valence-corrected chi connectivity index (χ4v) is 22.6. The van der Waals surface area contributed by atoms with E-state index in [1.54, 1.807) is 13.4 Å².